The van der Waals surface area contributed by atoms with E-state index in [0.717, 1.165) is 11.8 Å². The van der Waals surface area contributed by atoms with E-state index in [0.29, 0.717) is 24.2 Å². The van der Waals surface area contributed by atoms with Crippen molar-refractivity contribution in [3.8, 4) is 0 Å². The summed E-state index contributed by atoms with van der Waals surface area (Å²) in [5.74, 6) is 1.72. The van der Waals surface area contributed by atoms with Crippen LogP contribution in [0.1, 0.15) is 104 Å². The molecular weight excluding hydrogens is 411 g/mol. The van der Waals surface area contributed by atoms with E-state index in [-0.39, 0.29) is 0 Å². The van der Waals surface area contributed by atoms with Crippen molar-refractivity contribution in [1.29, 1.82) is 0 Å². The number of rotatable bonds is 6. The fourth-order valence-electron chi connectivity index (χ4n) is 5.65. The van der Waals surface area contributed by atoms with Crippen LogP contribution in [0.25, 0.3) is 10.6 Å². The molecule has 0 heterocycles. The molecule has 0 bridgehead atoms. The molecule has 0 amide bonds. The average Bonchev–Trinajstić information content (AvgIpc) is 2.71. The number of hydrogen-bond donors (Lipinski definition) is 0. The first-order valence-electron chi connectivity index (χ1n) is 11.6. The molecule has 0 radical (unpaired) electrons. The van der Waals surface area contributed by atoms with E-state index in [2.05, 4.69) is 13.8 Å². The molecule has 0 saturated heterocycles. The van der Waals surface area contributed by atoms with Crippen LogP contribution in [0.3, 0.4) is 0 Å². The van der Waals surface area contributed by atoms with Crippen LogP contribution in [0.15, 0.2) is 0 Å². The third-order valence-electron chi connectivity index (χ3n) is 7.25. The predicted molar refractivity (Wildman–Crippen MR) is 117 cm³/mol. The van der Waals surface area contributed by atoms with E-state index in [1.165, 1.54) is 89.9 Å². The van der Waals surface area contributed by atoms with Crippen molar-refractivity contribution in [3.63, 3.8) is 0 Å². The van der Waals surface area contributed by atoms with E-state index >= 15 is 0 Å². The molecule has 27 heavy (non-hydrogen) atoms. The molecule has 0 aliphatic heterocycles. The first-order valence-corrected chi connectivity index (χ1v) is 15.9. The summed E-state index contributed by atoms with van der Waals surface area (Å²) in [5.41, 5.74) is 0. The fraction of sp³-hybridized carbons (Fsp3) is 1.00. The Bertz CT molecular complexity index is 351. The van der Waals surface area contributed by atoms with E-state index in [1.807, 2.05) is 0 Å². The van der Waals surface area contributed by atoms with Crippen LogP contribution in [0.2, 0.25) is 0 Å². The number of nitrogens with zero attached hydrogens (tertiary/aromatic N) is 2. The van der Waals surface area contributed by atoms with Crippen LogP contribution in [-0.2, 0) is 17.0 Å². The van der Waals surface area contributed by atoms with Crippen molar-refractivity contribution in [2.24, 2.45) is 11.8 Å². The van der Waals surface area contributed by atoms with Gasteiger partial charge in [-0.3, -0.25) is 0 Å². The summed E-state index contributed by atoms with van der Waals surface area (Å²) < 4.78 is 0. The van der Waals surface area contributed by atoms with Gasteiger partial charge in [0.15, 0.2) is 0 Å². The van der Waals surface area contributed by atoms with Gasteiger partial charge in [-0.15, -0.1) is 12.1 Å². The van der Waals surface area contributed by atoms with Gasteiger partial charge in [0.1, 0.15) is 0 Å². The van der Waals surface area contributed by atoms with Gasteiger partial charge in [0.05, 0.1) is 0 Å². The van der Waals surface area contributed by atoms with Gasteiger partial charge in [-0.1, -0.05) is 116 Å². The third kappa shape index (κ3) is 8.10. The van der Waals surface area contributed by atoms with Crippen LogP contribution in [0, 0.1) is 11.8 Å². The predicted octanol–water partition coefficient (Wildman–Crippen LogP) is 8.36. The molecule has 3 fully saturated rings. The van der Waals surface area contributed by atoms with Crippen molar-refractivity contribution in [2.45, 2.75) is 128 Å². The molecule has 6 unspecified atom stereocenters. The van der Waals surface area contributed by atoms with E-state index in [9.17, 15) is 0 Å². The molecule has 0 aromatic heterocycles. The quantitative estimate of drug-likeness (QED) is 0.363. The zero-order chi connectivity index (χ0) is 19.5. The Balaban J connectivity index is 0.000000817. The van der Waals surface area contributed by atoms with Crippen LogP contribution >= 0.6 is 18.6 Å². The maximum atomic E-state index is 5.45. The van der Waals surface area contributed by atoms with E-state index in [1.54, 1.807) is 0 Å². The number of hydrogen-bond acceptors (Lipinski definition) is 0. The van der Waals surface area contributed by atoms with Crippen molar-refractivity contribution in [3.05, 3.63) is 10.6 Å². The average molecular weight is 451 g/mol. The molecule has 3 aliphatic rings. The van der Waals surface area contributed by atoms with Gasteiger partial charge in [0, 0.05) is 0 Å². The maximum absolute atomic E-state index is 5.45. The van der Waals surface area contributed by atoms with Gasteiger partial charge in [-0.05, 0) is 0 Å². The molecule has 3 rings (SSSR count). The summed E-state index contributed by atoms with van der Waals surface area (Å²) in [6, 6.07) is 2.40. The fourth-order valence-corrected chi connectivity index (χ4v) is 5.65. The Kier molecular flexibility index (Phi) is 12.9. The summed E-state index contributed by atoms with van der Waals surface area (Å²) in [5, 5.41) is 10.9. The normalized spacial score (nSPS) is 37.2. The summed E-state index contributed by atoms with van der Waals surface area (Å²) in [6.07, 6.45) is 19.2. The molecule has 0 aromatic rings. The second-order valence-electron chi connectivity index (χ2n) is 8.83. The minimum atomic E-state index is -0.556. The van der Waals surface area contributed by atoms with Gasteiger partial charge < -0.3 is 10.6 Å². The van der Waals surface area contributed by atoms with Crippen LogP contribution in [-0.4, -0.2) is 24.2 Å². The Morgan fingerprint density at radius 3 is 1.22 bits per heavy atom. The minimum absolute atomic E-state index is 0.551. The summed E-state index contributed by atoms with van der Waals surface area (Å²) in [7, 11) is 9.78. The van der Waals surface area contributed by atoms with E-state index in [4.69, 9.17) is 29.2 Å². The molecule has 6 atom stereocenters. The van der Waals surface area contributed by atoms with Crippen molar-refractivity contribution in [1.82, 2.24) is 0 Å². The molecule has 5 heteroatoms. The van der Waals surface area contributed by atoms with E-state index < -0.39 is 17.0 Å². The molecule has 3 aliphatic carbocycles. The van der Waals surface area contributed by atoms with Gasteiger partial charge in [0.25, 0.3) is 0 Å². The first kappa shape index (κ1) is 24.5. The van der Waals surface area contributed by atoms with Crippen LogP contribution in [0.5, 0.6) is 0 Å². The molecule has 0 N–H and O–H groups in total. The van der Waals surface area contributed by atoms with Gasteiger partial charge in [-0.25, -0.2) is 0 Å². The molecule has 0 aromatic carbocycles. The van der Waals surface area contributed by atoms with Crippen LogP contribution < -0.4 is 0 Å². The monoisotopic (exact) mass is 450 g/mol. The second-order valence-corrected chi connectivity index (χ2v) is 11.4. The Morgan fingerprint density at radius 2 is 0.889 bits per heavy atom. The topological polar surface area (TPSA) is 28.2 Å². The zero-order valence-electron chi connectivity index (χ0n) is 17.5. The summed E-state index contributed by atoms with van der Waals surface area (Å²) in [4.78, 5) is 0. The summed E-state index contributed by atoms with van der Waals surface area (Å²) >= 11 is -0.556. The van der Waals surface area contributed by atoms with Crippen molar-refractivity contribution in [2.75, 3.05) is 0 Å². The zero-order valence-corrected chi connectivity index (χ0v) is 20.6. The van der Waals surface area contributed by atoms with Crippen molar-refractivity contribution >= 4 is 18.6 Å². The SMILES string of the molecule is CCC1CCCCC1[N-]C1CCCCC1[N-]C1CCCCC1CC.[Cl][Ti][Cl]. The second kappa shape index (κ2) is 14.3. The molecular formula is C22H40Cl2N2Ti-2. The van der Waals surface area contributed by atoms with Crippen LogP contribution in [0.4, 0.5) is 0 Å². The standard InChI is InChI=1S/C22H40N2.2ClH.Ti/c1-3-17-11-5-7-13-19(17)23-21-15-9-10-16-22(21)24-20-14-8-6-12-18(20)4-2;;;/h17-22H,3-16H2,1-2H3;2*1H;/q-2;;;+2/p-2. The summed E-state index contributed by atoms with van der Waals surface area (Å²) in [6.45, 7) is 4.74. The van der Waals surface area contributed by atoms with Gasteiger partial charge >= 0.3 is 35.6 Å². The third-order valence-corrected chi connectivity index (χ3v) is 7.25. The molecule has 158 valence electrons. The Labute approximate surface area is 185 Å². The van der Waals surface area contributed by atoms with Gasteiger partial charge in [-0.2, -0.15) is 12.1 Å². The molecule has 2 nitrogen and oxygen atoms in total. The Hall–Kier alpha value is 1.21. The molecule has 3 saturated carbocycles. The molecule has 0 spiro atoms. The number of halogens is 2. The Morgan fingerprint density at radius 1 is 0.593 bits per heavy atom. The van der Waals surface area contributed by atoms with Gasteiger partial charge in [0.2, 0.25) is 0 Å². The van der Waals surface area contributed by atoms with Crippen molar-refractivity contribution < 1.29 is 17.0 Å². The first-order chi connectivity index (χ1) is 13.2.